The van der Waals surface area contributed by atoms with Gasteiger partial charge < -0.3 is 19.1 Å². The smallest absolute Gasteiger partial charge is 0.410 e. The van der Waals surface area contributed by atoms with Gasteiger partial charge in [0.15, 0.2) is 11.5 Å². The fourth-order valence-corrected chi connectivity index (χ4v) is 5.00. The Morgan fingerprint density at radius 3 is 2.55 bits per heavy atom. The first-order valence-electron chi connectivity index (χ1n) is 10.5. The lowest BCUT2D eigenvalue weighted by atomic mass is 10.0. The molecule has 3 aliphatic rings. The third kappa shape index (κ3) is 3.51. The Bertz CT molecular complexity index is 1060. The van der Waals surface area contributed by atoms with Gasteiger partial charge in [0.1, 0.15) is 11.4 Å². The zero-order valence-corrected chi connectivity index (χ0v) is 18.7. The lowest BCUT2D eigenvalue weighted by Gasteiger charge is -2.26. The molecular weight excluding hydrogens is 421 g/mol. The molecule has 31 heavy (non-hydrogen) atoms. The van der Waals surface area contributed by atoms with Crippen molar-refractivity contribution in [3.8, 4) is 11.5 Å². The number of nitrogens with zero attached hydrogens (tertiary/aromatic N) is 1. The van der Waals surface area contributed by atoms with Crippen LogP contribution in [0, 0.1) is 17.7 Å². The van der Waals surface area contributed by atoms with Crippen molar-refractivity contribution in [3.05, 3.63) is 58.4 Å². The summed E-state index contributed by atoms with van der Waals surface area (Å²) in [6, 6.07) is 10.3. The van der Waals surface area contributed by atoms with Gasteiger partial charge in [-0.25, -0.2) is 9.18 Å². The molecule has 7 heteroatoms. The second-order valence-corrected chi connectivity index (χ2v) is 10.1. The summed E-state index contributed by atoms with van der Waals surface area (Å²) in [4.78, 5) is 14.2. The summed E-state index contributed by atoms with van der Waals surface area (Å²) in [7, 11) is 0. The number of amides is 1. The van der Waals surface area contributed by atoms with Crippen molar-refractivity contribution in [1.82, 2.24) is 4.90 Å². The molecule has 2 aromatic rings. The summed E-state index contributed by atoms with van der Waals surface area (Å²) in [5.41, 5.74) is 0.844. The lowest BCUT2D eigenvalue weighted by Crippen LogP contribution is -2.36. The highest BCUT2D eigenvalue weighted by Crippen LogP contribution is 2.62. The maximum absolute atomic E-state index is 14.6. The van der Waals surface area contributed by atoms with Crippen LogP contribution in [-0.2, 0) is 10.5 Å². The molecule has 0 aromatic heterocycles. The largest absolute Gasteiger partial charge is 0.444 e. The standard InChI is InChI=1S/C24H25ClFNO4/c1-23(2,3)31-22(28)27-11-15-16(12-27)20(15)14-6-5-7-19-21(14)30-24(4,29-19)17-9-8-13(25)10-18(17)26/h5-10,15-16,20H,11-12H2,1-4H3/t15-,16+,20?,24?. The van der Waals surface area contributed by atoms with E-state index in [-0.39, 0.29) is 12.0 Å². The minimum Gasteiger partial charge on any atom is -0.444 e. The molecule has 2 heterocycles. The van der Waals surface area contributed by atoms with Crippen LogP contribution in [0.1, 0.15) is 44.7 Å². The minimum atomic E-state index is -1.26. The van der Waals surface area contributed by atoms with Gasteiger partial charge in [-0.15, -0.1) is 0 Å². The zero-order chi connectivity index (χ0) is 22.1. The van der Waals surface area contributed by atoms with E-state index < -0.39 is 17.2 Å². The van der Waals surface area contributed by atoms with Crippen molar-refractivity contribution >= 4 is 17.7 Å². The normalized spacial score (nSPS) is 28.5. The zero-order valence-electron chi connectivity index (χ0n) is 17.9. The van der Waals surface area contributed by atoms with Gasteiger partial charge in [-0.3, -0.25) is 0 Å². The molecule has 2 aromatic carbocycles. The van der Waals surface area contributed by atoms with E-state index in [4.69, 9.17) is 25.8 Å². The summed E-state index contributed by atoms with van der Waals surface area (Å²) < 4.78 is 32.4. The van der Waals surface area contributed by atoms with Crippen LogP contribution in [0.15, 0.2) is 36.4 Å². The fraction of sp³-hybridized carbons (Fsp3) is 0.458. The number of likely N-dealkylation sites (tertiary alicyclic amines) is 1. The van der Waals surface area contributed by atoms with Crippen LogP contribution < -0.4 is 9.47 Å². The Balaban J connectivity index is 1.34. The van der Waals surface area contributed by atoms with Gasteiger partial charge >= 0.3 is 6.09 Å². The van der Waals surface area contributed by atoms with E-state index in [0.717, 1.165) is 5.56 Å². The average molecular weight is 446 g/mol. The summed E-state index contributed by atoms with van der Waals surface area (Å²) >= 11 is 5.90. The van der Waals surface area contributed by atoms with Crippen molar-refractivity contribution in [2.24, 2.45) is 11.8 Å². The topological polar surface area (TPSA) is 48.0 Å². The van der Waals surface area contributed by atoms with Gasteiger partial charge in [0.25, 0.3) is 5.79 Å². The second kappa shape index (κ2) is 6.76. The van der Waals surface area contributed by atoms with Crippen LogP contribution >= 0.6 is 11.6 Å². The predicted molar refractivity (Wildman–Crippen MR) is 114 cm³/mol. The maximum atomic E-state index is 14.6. The fourth-order valence-electron chi connectivity index (χ4n) is 4.84. The van der Waals surface area contributed by atoms with E-state index in [9.17, 15) is 9.18 Å². The highest BCUT2D eigenvalue weighted by atomic mass is 35.5. The molecule has 1 saturated heterocycles. The van der Waals surface area contributed by atoms with E-state index in [2.05, 4.69) is 0 Å². The molecule has 0 N–H and O–H groups in total. The molecule has 0 spiro atoms. The van der Waals surface area contributed by atoms with Gasteiger partial charge in [-0.05, 0) is 62.8 Å². The van der Waals surface area contributed by atoms with Crippen LogP contribution in [0.5, 0.6) is 11.5 Å². The third-order valence-electron chi connectivity index (χ3n) is 6.24. The Morgan fingerprint density at radius 2 is 1.90 bits per heavy atom. The van der Waals surface area contributed by atoms with E-state index in [1.807, 2.05) is 39.0 Å². The van der Waals surface area contributed by atoms with Crippen molar-refractivity contribution in [3.63, 3.8) is 0 Å². The molecule has 1 amide bonds. The Kier molecular flexibility index (Phi) is 4.46. The van der Waals surface area contributed by atoms with Crippen LogP contribution in [-0.4, -0.2) is 29.7 Å². The van der Waals surface area contributed by atoms with Crippen LogP contribution in [0.3, 0.4) is 0 Å². The number of piperidine rings is 1. The summed E-state index contributed by atoms with van der Waals surface area (Å²) in [5, 5.41) is 0.321. The Labute approximate surface area is 186 Å². The second-order valence-electron chi connectivity index (χ2n) is 9.69. The van der Waals surface area contributed by atoms with E-state index in [1.165, 1.54) is 6.07 Å². The Morgan fingerprint density at radius 1 is 1.19 bits per heavy atom. The first-order valence-corrected chi connectivity index (χ1v) is 10.9. The molecule has 164 valence electrons. The molecule has 2 unspecified atom stereocenters. The first kappa shape index (κ1) is 20.4. The SMILES string of the molecule is CC(C)(C)OC(=O)N1C[C@@H]2C(c3cccc4c3OC(C)(c3ccc(Cl)cc3F)O4)[C@@H]2C1. The Hall–Kier alpha value is -2.47. The number of fused-ring (bicyclic) bond motifs is 2. The van der Waals surface area contributed by atoms with E-state index in [1.54, 1.807) is 24.0 Å². The number of halogens is 2. The third-order valence-corrected chi connectivity index (χ3v) is 6.47. The van der Waals surface area contributed by atoms with Crippen LogP contribution in [0.4, 0.5) is 9.18 Å². The molecule has 2 aliphatic heterocycles. The molecule has 1 saturated carbocycles. The van der Waals surface area contributed by atoms with Gasteiger partial charge in [0, 0.05) is 30.6 Å². The van der Waals surface area contributed by atoms with E-state index in [0.29, 0.717) is 47.0 Å². The quantitative estimate of drug-likeness (QED) is 0.594. The number of benzene rings is 2. The van der Waals surface area contributed by atoms with Gasteiger partial charge in [-0.1, -0.05) is 23.7 Å². The number of hydrogen-bond donors (Lipinski definition) is 0. The van der Waals surface area contributed by atoms with Crippen LogP contribution in [0.2, 0.25) is 5.02 Å². The van der Waals surface area contributed by atoms with Crippen molar-refractivity contribution < 1.29 is 23.4 Å². The molecule has 0 bridgehead atoms. The number of carbonyl (C=O) groups excluding carboxylic acids is 1. The molecule has 4 atom stereocenters. The van der Waals surface area contributed by atoms with Gasteiger partial charge in [0.2, 0.25) is 0 Å². The number of para-hydroxylation sites is 1. The monoisotopic (exact) mass is 445 g/mol. The molecule has 5 nitrogen and oxygen atoms in total. The lowest BCUT2D eigenvalue weighted by molar-refractivity contribution is -0.0710. The maximum Gasteiger partial charge on any atom is 0.410 e. The summed E-state index contributed by atoms with van der Waals surface area (Å²) in [6.45, 7) is 8.65. The number of rotatable bonds is 2. The van der Waals surface area contributed by atoms with Crippen LogP contribution in [0.25, 0.3) is 0 Å². The molecule has 2 fully saturated rings. The minimum absolute atomic E-state index is 0.262. The summed E-state index contributed by atoms with van der Waals surface area (Å²) in [6.07, 6.45) is -0.262. The summed E-state index contributed by atoms with van der Waals surface area (Å²) in [5.74, 6) is 0.532. The number of ether oxygens (including phenoxy) is 3. The first-order chi connectivity index (χ1) is 14.6. The molecule has 0 radical (unpaired) electrons. The highest BCUT2D eigenvalue weighted by Gasteiger charge is 2.59. The predicted octanol–water partition coefficient (Wildman–Crippen LogP) is 5.70. The van der Waals surface area contributed by atoms with Gasteiger partial charge in [-0.2, -0.15) is 0 Å². The van der Waals surface area contributed by atoms with E-state index >= 15 is 0 Å². The number of carbonyl (C=O) groups is 1. The highest BCUT2D eigenvalue weighted by molar-refractivity contribution is 6.30. The van der Waals surface area contributed by atoms with Crippen molar-refractivity contribution in [1.29, 1.82) is 0 Å². The van der Waals surface area contributed by atoms with Crippen molar-refractivity contribution in [2.45, 2.75) is 45.0 Å². The molecule has 1 aliphatic carbocycles. The number of hydrogen-bond acceptors (Lipinski definition) is 4. The van der Waals surface area contributed by atoms with Crippen molar-refractivity contribution in [2.75, 3.05) is 13.1 Å². The molecule has 5 rings (SSSR count). The van der Waals surface area contributed by atoms with Gasteiger partial charge in [0.05, 0.1) is 5.56 Å². The average Bonchev–Trinajstić information content (AvgIpc) is 2.98. The molecular formula is C24H25ClFNO4.